The van der Waals surface area contributed by atoms with Crippen LogP contribution >= 0.6 is 28.1 Å². The lowest BCUT2D eigenvalue weighted by atomic mass is 10.1. The lowest BCUT2D eigenvalue weighted by molar-refractivity contribution is 0.201. The third-order valence-electron chi connectivity index (χ3n) is 2.17. The summed E-state index contributed by atoms with van der Waals surface area (Å²) in [5, 5.41) is 9.37. The second-order valence-electron chi connectivity index (χ2n) is 3.76. The van der Waals surface area contributed by atoms with E-state index in [1.165, 1.54) is 0 Å². The van der Waals surface area contributed by atoms with E-state index in [1.807, 2.05) is 30.1 Å². The van der Waals surface area contributed by atoms with Crippen LogP contribution in [-0.4, -0.2) is 29.8 Å². The Kier molecular flexibility index (Phi) is 4.70. The molecule has 0 heterocycles. The van der Waals surface area contributed by atoms with Gasteiger partial charge in [0.1, 0.15) is 4.99 Å². The van der Waals surface area contributed by atoms with Gasteiger partial charge in [-0.3, -0.25) is 0 Å². The van der Waals surface area contributed by atoms with Gasteiger partial charge in [0.05, 0.1) is 6.10 Å². The summed E-state index contributed by atoms with van der Waals surface area (Å²) in [6, 6.07) is 5.71. The Labute approximate surface area is 109 Å². The summed E-state index contributed by atoms with van der Waals surface area (Å²) < 4.78 is 0.958. The van der Waals surface area contributed by atoms with Crippen molar-refractivity contribution in [3.8, 4) is 0 Å². The molecule has 0 aliphatic heterocycles. The molecule has 0 bridgehead atoms. The molecule has 0 radical (unpaired) electrons. The van der Waals surface area contributed by atoms with E-state index in [4.69, 9.17) is 18.0 Å². The highest BCUT2D eigenvalue weighted by molar-refractivity contribution is 9.10. The molecule has 88 valence electrons. The molecule has 5 heteroatoms. The molecule has 1 aromatic rings. The number of aliphatic hydroxyl groups excluding tert-OH is 1. The maximum atomic E-state index is 9.37. The van der Waals surface area contributed by atoms with Gasteiger partial charge in [0.2, 0.25) is 0 Å². The summed E-state index contributed by atoms with van der Waals surface area (Å²) in [6.07, 6.45) is -0.400. The number of thiocarbonyl (C=S) groups is 1. The molecule has 1 unspecified atom stereocenters. The van der Waals surface area contributed by atoms with Crippen molar-refractivity contribution in [2.24, 2.45) is 5.73 Å². The summed E-state index contributed by atoms with van der Waals surface area (Å²) in [5.41, 5.74) is 7.40. The largest absolute Gasteiger partial charge is 0.392 e. The smallest absolute Gasteiger partial charge is 0.106 e. The van der Waals surface area contributed by atoms with Crippen LogP contribution in [0.2, 0.25) is 0 Å². The van der Waals surface area contributed by atoms with Gasteiger partial charge in [-0.15, -0.1) is 0 Å². The van der Waals surface area contributed by atoms with E-state index < -0.39 is 6.10 Å². The van der Waals surface area contributed by atoms with Crippen molar-refractivity contribution in [1.29, 1.82) is 0 Å². The molecule has 3 N–H and O–H groups in total. The van der Waals surface area contributed by atoms with Crippen LogP contribution in [0.4, 0.5) is 5.69 Å². The van der Waals surface area contributed by atoms with Crippen LogP contribution < -0.4 is 10.6 Å². The summed E-state index contributed by atoms with van der Waals surface area (Å²) in [6.45, 7) is 2.28. The molecule has 1 rings (SSSR count). The van der Waals surface area contributed by atoms with Gasteiger partial charge in [-0.2, -0.15) is 0 Å². The fourth-order valence-electron chi connectivity index (χ4n) is 1.52. The van der Waals surface area contributed by atoms with Crippen molar-refractivity contribution < 1.29 is 5.11 Å². The van der Waals surface area contributed by atoms with Crippen LogP contribution in [-0.2, 0) is 0 Å². The highest BCUT2D eigenvalue weighted by Gasteiger charge is 2.11. The van der Waals surface area contributed by atoms with Gasteiger partial charge in [-0.1, -0.05) is 28.1 Å². The number of nitrogens with zero attached hydrogens (tertiary/aromatic N) is 1. The predicted molar refractivity (Wildman–Crippen MR) is 75.0 cm³/mol. The number of rotatable bonds is 4. The highest BCUT2D eigenvalue weighted by Crippen LogP contribution is 2.24. The molecule has 0 amide bonds. The number of halogens is 1. The minimum absolute atomic E-state index is 0.361. The second kappa shape index (κ2) is 5.61. The molecule has 16 heavy (non-hydrogen) atoms. The van der Waals surface area contributed by atoms with Crippen LogP contribution in [0.1, 0.15) is 12.5 Å². The number of nitrogens with two attached hydrogens (primary N) is 1. The van der Waals surface area contributed by atoms with Crippen molar-refractivity contribution in [3.05, 3.63) is 28.2 Å². The van der Waals surface area contributed by atoms with E-state index in [-0.39, 0.29) is 0 Å². The third-order valence-corrected chi connectivity index (χ3v) is 2.89. The number of benzene rings is 1. The Morgan fingerprint density at radius 2 is 2.25 bits per heavy atom. The van der Waals surface area contributed by atoms with E-state index in [1.54, 1.807) is 6.92 Å². The Morgan fingerprint density at radius 3 is 2.75 bits per heavy atom. The van der Waals surface area contributed by atoms with Gasteiger partial charge in [0, 0.05) is 29.3 Å². The maximum Gasteiger partial charge on any atom is 0.106 e. The lowest BCUT2D eigenvalue weighted by Crippen LogP contribution is -2.29. The Balaban J connectivity index is 3.09. The molecule has 0 saturated heterocycles. The standard InChI is InChI=1S/C11H15BrN2OS/c1-7(15)6-14(2)10-5-8(12)3-4-9(10)11(13)16/h3-5,7,15H,6H2,1-2H3,(H2,13,16). The number of hydrogen-bond acceptors (Lipinski definition) is 3. The Morgan fingerprint density at radius 1 is 1.62 bits per heavy atom. The first-order chi connectivity index (χ1) is 7.41. The van der Waals surface area contributed by atoms with E-state index in [0.29, 0.717) is 11.5 Å². The fourth-order valence-corrected chi connectivity index (χ4v) is 2.05. The predicted octanol–water partition coefficient (Wildman–Crippen LogP) is 1.90. The normalized spacial score (nSPS) is 12.2. The maximum absolute atomic E-state index is 9.37. The van der Waals surface area contributed by atoms with Crippen LogP contribution in [0.15, 0.2) is 22.7 Å². The first-order valence-electron chi connectivity index (χ1n) is 4.90. The monoisotopic (exact) mass is 302 g/mol. The molecular formula is C11H15BrN2OS. The first kappa shape index (κ1) is 13.4. The van der Waals surface area contributed by atoms with Crippen LogP contribution in [0.5, 0.6) is 0 Å². The fraction of sp³-hybridized carbons (Fsp3) is 0.364. The zero-order valence-electron chi connectivity index (χ0n) is 9.27. The molecule has 0 fully saturated rings. The minimum Gasteiger partial charge on any atom is -0.392 e. The zero-order valence-corrected chi connectivity index (χ0v) is 11.7. The number of hydrogen-bond donors (Lipinski definition) is 2. The molecule has 0 aliphatic carbocycles. The van der Waals surface area contributed by atoms with E-state index in [2.05, 4.69) is 15.9 Å². The molecule has 0 saturated carbocycles. The molecule has 1 atom stereocenters. The average Bonchev–Trinajstić information content (AvgIpc) is 2.15. The van der Waals surface area contributed by atoms with Crippen LogP contribution in [0.25, 0.3) is 0 Å². The highest BCUT2D eigenvalue weighted by atomic mass is 79.9. The SMILES string of the molecule is CC(O)CN(C)c1cc(Br)ccc1C(N)=S. The zero-order chi connectivity index (χ0) is 12.3. The van der Waals surface area contributed by atoms with Crippen LogP contribution in [0.3, 0.4) is 0 Å². The number of likely N-dealkylation sites (N-methyl/N-ethyl adjacent to an activating group) is 1. The molecule has 0 aromatic heterocycles. The van der Waals surface area contributed by atoms with Crippen molar-refractivity contribution in [2.75, 3.05) is 18.5 Å². The topological polar surface area (TPSA) is 49.5 Å². The van der Waals surface area contributed by atoms with Gasteiger partial charge in [-0.05, 0) is 25.1 Å². The van der Waals surface area contributed by atoms with Gasteiger partial charge in [-0.25, -0.2) is 0 Å². The summed E-state index contributed by atoms with van der Waals surface area (Å²) >= 11 is 8.41. The van der Waals surface area contributed by atoms with Gasteiger partial charge < -0.3 is 15.7 Å². The van der Waals surface area contributed by atoms with Crippen molar-refractivity contribution in [1.82, 2.24) is 0 Å². The Bertz CT molecular complexity index is 396. The Hall–Kier alpha value is -0.650. The molecule has 1 aromatic carbocycles. The first-order valence-corrected chi connectivity index (χ1v) is 6.10. The summed E-state index contributed by atoms with van der Waals surface area (Å²) in [7, 11) is 1.90. The second-order valence-corrected chi connectivity index (χ2v) is 5.11. The van der Waals surface area contributed by atoms with Crippen molar-refractivity contribution >= 4 is 38.8 Å². The van der Waals surface area contributed by atoms with Gasteiger partial charge >= 0.3 is 0 Å². The van der Waals surface area contributed by atoms with E-state index >= 15 is 0 Å². The van der Waals surface area contributed by atoms with Crippen molar-refractivity contribution in [2.45, 2.75) is 13.0 Å². The van der Waals surface area contributed by atoms with E-state index in [0.717, 1.165) is 15.7 Å². The van der Waals surface area contributed by atoms with Gasteiger partial charge in [0.25, 0.3) is 0 Å². The quantitative estimate of drug-likeness (QED) is 0.834. The van der Waals surface area contributed by atoms with Gasteiger partial charge in [0.15, 0.2) is 0 Å². The number of anilines is 1. The van der Waals surface area contributed by atoms with Crippen LogP contribution in [0, 0.1) is 0 Å². The summed E-state index contributed by atoms with van der Waals surface area (Å²) in [5.74, 6) is 0. The van der Waals surface area contributed by atoms with Crippen molar-refractivity contribution in [3.63, 3.8) is 0 Å². The molecule has 0 aliphatic rings. The number of aliphatic hydroxyl groups is 1. The average molecular weight is 303 g/mol. The summed E-state index contributed by atoms with van der Waals surface area (Å²) in [4.78, 5) is 2.30. The molecule has 0 spiro atoms. The lowest BCUT2D eigenvalue weighted by Gasteiger charge is -2.23. The third kappa shape index (κ3) is 3.43. The molecular weight excluding hydrogens is 288 g/mol. The molecule has 3 nitrogen and oxygen atoms in total. The minimum atomic E-state index is -0.400. The van der Waals surface area contributed by atoms with E-state index in [9.17, 15) is 5.11 Å².